The molecule has 1 aliphatic heterocycles. The third-order valence-electron chi connectivity index (χ3n) is 3.46. The molecule has 0 atom stereocenters. The van der Waals surface area contributed by atoms with Crippen molar-refractivity contribution in [3.8, 4) is 0 Å². The fraction of sp³-hybridized carbons (Fsp3) is 0.538. The lowest BCUT2D eigenvalue weighted by Gasteiger charge is -2.32. The second kappa shape index (κ2) is 6.32. The van der Waals surface area contributed by atoms with E-state index >= 15 is 0 Å². The lowest BCUT2D eigenvalue weighted by Crippen LogP contribution is -2.41. The van der Waals surface area contributed by atoms with Crippen LogP contribution in [0.4, 0.5) is 0 Å². The van der Waals surface area contributed by atoms with Crippen molar-refractivity contribution < 1.29 is 13.2 Å². The molecule has 1 N–H and O–H groups in total. The first-order chi connectivity index (χ1) is 9.46. The van der Waals surface area contributed by atoms with E-state index in [2.05, 4.69) is 9.71 Å². The van der Waals surface area contributed by atoms with E-state index in [0.29, 0.717) is 31.1 Å². The van der Waals surface area contributed by atoms with Crippen LogP contribution in [-0.2, 0) is 10.0 Å². The minimum absolute atomic E-state index is 0.0157. The number of piperidine rings is 1. The largest absolute Gasteiger partial charge is 0.339 e. The zero-order valence-corrected chi connectivity index (χ0v) is 12.3. The smallest absolute Gasteiger partial charge is 0.253 e. The molecule has 6 nitrogen and oxygen atoms in total. The Labute approximate surface area is 119 Å². The molecule has 110 valence electrons. The molecule has 0 aromatic carbocycles. The van der Waals surface area contributed by atoms with E-state index in [1.165, 1.54) is 0 Å². The van der Waals surface area contributed by atoms with E-state index in [-0.39, 0.29) is 5.91 Å². The van der Waals surface area contributed by atoms with Gasteiger partial charge in [-0.3, -0.25) is 9.78 Å². The van der Waals surface area contributed by atoms with Crippen LogP contribution in [-0.4, -0.2) is 50.1 Å². The molecular weight excluding hydrogens is 278 g/mol. The second-order valence-electron chi connectivity index (χ2n) is 5.09. The number of hydrogen-bond donors (Lipinski definition) is 1. The van der Waals surface area contributed by atoms with E-state index in [1.54, 1.807) is 24.5 Å². The van der Waals surface area contributed by atoms with Crippen molar-refractivity contribution in [2.45, 2.75) is 12.8 Å². The van der Waals surface area contributed by atoms with Crippen LogP contribution in [0.25, 0.3) is 0 Å². The first-order valence-corrected chi connectivity index (χ1v) is 8.49. The van der Waals surface area contributed by atoms with Crippen molar-refractivity contribution in [2.24, 2.45) is 5.92 Å². The molecule has 0 radical (unpaired) electrons. The van der Waals surface area contributed by atoms with Crippen molar-refractivity contribution in [3.05, 3.63) is 30.1 Å². The SMILES string of the molecule is CS(=O)(=O)NCC1CCN(C(=O)c2ccncc2)CC1. The molecule has 1 amide bonds. The van der Waals surface area contributed by atoms with E-state index in [1.807, 2.05) is 4.90 Å². The molecule has 2 rings (SSSR count). The van der Waals surface area contributed by atoms with E-state index in [9.17, 15) is 13.2 Å². The van der Waals surface area contributed by atoms with Crippen molar-refractivity contribution in [1.82, 2.24) is 14.6 Å². The van der Waals surface area contributed by atoms with E-state index in [4.69, 9.17) is 0 Å². The summed E-state index contributed by atoms with van der Waals surface area (Å²) in [4.78, 5) is 17.9. The van der Waals surface area contributed by atoms with Crippen LogP contribution >= 0.6 is 0 Å². The number of likely N-dealkylation sites (tertiary alicyclic amines) is 1. The molecule has 0 saturated carbocycles. The average molecular weight is 297 g/mol. The molecule has 7 heteroatoms. The summed E-state index contributed by atoms with van der Waals surface area (Å²) in [5.74, 6) is 0.313. The van der Waals surface area contributed by atoms with Crippen molar-refractivity contribution in [2.75, 3.05) is 25.9 Å². The zero-order chi connectivity index (χ0) is 14.6. The van der Waals surface area contributed by atoms with Crippen molar-refractivity contribution >= 4 is 15.9 Å². The minimum Gasteiger partial charge on any atom is -0.339 e. The third kappa shape index (κ3) is 4.28. The number of nitrogens with zero attached hydrogens (tertiary/aromatic N) is 2. The zero-order valence-electron chi connectivity index (χ0n) is 11.4. The summed E-state index contributed by atoms with van der Waals surface area (Å²) in [5, 5.41) is 0. The monoisotopic (exact) mass is 297 g/mol. The lowest BCUT2D eigenvalue weighted by atomic mass is 9.97. The maximum absolute atomic E-state index is 12.2. The van der Waals surface area contributed by atoms with Gasteiger partial charge in [0.15, 0.2) is 0 Å². The Hall–Kier alpha value is -1.47. The number of nitrogens with one attached hydrogen (secondary N) is 1. The van der Waals surface area contributed by atoms with Gasteiger partial charge in [-0.25, -0.2) is 13.1 Å². The number of sulfonamides is 1. The Morgan fingerprint density at radius 3 is 2.50 bits per heavy atom. The molecule has 20 heavy (non-hydrogen) atoms. The summed E-state index contributed by atoms with van der Waals surface area (Å²) in [6.07, 6.45) is 6.01. The van der Waals surface area contributed by atoms with E-state index < -0.39 is 10.0 Å². The summed E-state index contributed by atoms with van der Waals surface area (Å²) >= 11 is 0. The average Bonchev–Trinajstić information content (AvgIpc) is 2.45. The van der Waals surface area contributed by atoms with E-state index in [0.717, 1.165) is 19.1 Å². The molecule has 0 aliphatic carbocycles. The van der Waals surface area contributed by atoms with Crippen LogP contribution in [0.3, 0.4) is 0 Å². The number of rotatable bonds is 4. The summed E-state index contributed by atoms with van der Waals surface area (Å²) in [6.45, 7) is 1.78. The van der Waals surface area contributed by atoms with Crippen LogP contribution in [0.1, 0.15) is 23.2 Å². The van der Waals surface area contributed by atoms with Crippen molar-refractivity contribution in [1.29, 1.82) is 0 Å². The van der Waals surface area contributed by atoms with Crippen LogP contribution < -0.4 is 4.72 Å². The number of amides is 1. The molecule has 1 aliphatic rings. The van der Waals surface area contributed by atoms with Crippen LogP contribution in [0.2, 0.25) is 0 Å². The van der Waals surface area contributed by atoms with Gasteiger partial charge < -0.3 is 4.90 Å². The Morgan fingerprint density at radius 1 is 1.35 bits per heavy atom. The van der Waals surface area contributed by atoms with Gasteiger partial charge in [0.2, 0.25) is 10.0 Å². The summed E-state index contributed by atoms with van der Waals surface area (Å²) in [7, 11) is -3.13. The van der Waals surface area contributed by atoms with Gasteiger partial charge in [0.25, 0.3) is 5.91 Å². The first kappa shape index (κ1) is 14.9. The van der Waals surface area contributed by atoms with Crippen molar-refractivity contribution in [3.63, 3.8) is 0 Å². The van der Waals surface area contributed by atoms with Gasteiger partial charge in [-0.2, -0.15) is 0 Å². The number of aromatic nitrogens is 1. The molecule has 1 aromatic heterocycles. The molecule has 1 aromatic rings. The molecule has 0 unspecified atom stereocenters. The maximum Gasteiger partial charge on any atom is 0.253 e. The Bertz CT molecular complexity index is 551. The normalized spacial score (nSPS) is 17.1. The summed E-state index contributed by atoms with van der Waals surface area (Å²) in [6, 6.07) is 3.42. The molecule has 2 heterocycles. The number of hydrogen-bond acceptors (Lipinski definition) is 4. The molecule has 0 bridgehead atoms. The highest BCUT2D eigenvalue weighted by molar-refractivity contribution is 7.88. The maximum atomic E-state index is 12.2. The molecule has 1 saturated heterocycles. The van der Waals surface area contributed by atoms with Gasteiger partial charge in [0.05, 0.1) is 6.26 Å². The minimum atomic E-state index is -3.13. The predicted molar refractivity (Wildman–Crippen MR) is 75.7 cm³/mol. The fourth-order valence-electron chi connectivity index (χ4n) is 2.29. The third-order valence-corrected chi connectivity index (χ3v) is 4.15. The lowest BCUT2D eigenvalue weighted by molar-refractivity contribution is 0.0692. The molecular formula is C13H19N3O3S. The topological polar surface area (TPSA) is 79.4 Å². The molecule has 1 fully saturated rings. The Balaban J connectivity index is 1.84. The fourth-order valence-corrected chi connectivity index (χ4v) is 2.82. The number of carbonyl (C=O) groups is 1. The summed E-state index contributed by atoms with van der Waals surface area (Å²) < 4.78 is 24.6. The molecule has 0 spiro atoms. The van der Waals surface area contributed by atoms with Crippen LogP contribution in [0.5, 0.6) is 0 Å². The van der Waals surface area contributed by atoms with Gasteiger partial charge in [-0.1, -0.05) is 0 Å². The second-order valence-corrected chi connectivity index (χ2v) is 6.93. The highest BCUT2D eigenvalue weighted by Crippen LogP contribution is 2.18. The highest BCUT2D eigenvalue weighted by atomic mass is 32.2. The predicted octanol–water partition coefficient (Wildman–Crippen LogP) is 0.483. The number of pyridine rings is 1. The highest BCUT2D eigenvalue weighted by Gasteiger charge is 2.23. The number of carbonyl (C=O) groups excluding carboxylic acids is 1. The Kier molecular flexibility index (Phi) is 4.72. The Morgan fingerprint density at radius 2 is 1.95 bits per heavy atom. The van der Waals surface area contributed by atoms with Gasteiger partial charge >= 0.3 is 0 Å². The van der Waals surface area contributed by atoms with Gasteiger partial charge in [-0.15, -0.1) is 0 Å². The summed E-state index contributed by atoms with van der Waals surface area (Å²) in [5.41, 5.74) is 0.646. The quantitative estimate of drug-likeness (QED) is 0.877. The van der Waals surface area contributed by atoms with Gasteiger partial charge in [0, 0.05) is 37.6 Å². The van der Waals surface area contributed by atoms with Gasteiger partial charge in [0.1, 0.15) is 0 Å². The van der Waals surface area contributed by atoms with Gasteiger partial charge in [-0.05, 0) is 30.9 Å². The standard InChI is InChI=1S/C13H19N3O3S/c1-20(18,19)15-10-11-4-8-16(9-5-11)13(17)12-2-6-14-7-3-12/h2-3,6-7,11,15H,4-5,8-10H2,1H3. The van der Waals surface area contributed by atoms with Crippen LogP contribution in [0, 0.1) is 5.92 Å². The first-order valence-electron chi connectivity index (χ1n) is 6.59. The van der Waals surface area contributed by atoms with Crippen LogP contribution in [0.15, 0.2) is 24.5 Å².